The molecule has 1 amide bonds. The fourth-order valence-electron chi connectivity index (χ4n) is 1.59. The van der Waals surface area contributed by atoms with E-state index in [0.29, 0.717) is 17.8 Å². The van der Waals surface area contributed by atoms with Crippen LogP contribution in [-0.2, 0) is 13.6 Å². The summed E-state index contributed by atoms with van der Waals surface area (Å²) in [7, 11) is 1.87. The van der Waals surface area contributed by atoms with E-state index in [-0.39, 0.29) is 5.91 Å². The molecule has 6 nitrogen and oxygen atoms in total. The Morgan fingerprint density at radius 1 is 1.50 bits per heavy atom. The Hall–Kier alpha value is -2.37. The van der Waals surface area contributed by atoms with E-state index in [2.05, 4.69) is 15.3 Å². The number of aryl methyl sites for hydroxylation is 2. The van der Waals surface area contributed by atoms with Crippen LogP contribution in [0.2, 0.25) is 0 Å². The molecule has 0 bridgehead atoms. The zero-order chi connectivity index (χ0) is 13.1. The molecule has 94 valence electrons. The molecule has 2 heterocycles. The molecule has 2 aromatic heterocycles. The number of imidazole rings is 1. The predicted molar refractivity (Wildman–Crippen MR) is 67.8 cm³/mol. The average molecular weight is 245 g/mol. The largest absolute Gasteiger partial charge is 0.398 e. The van der Waals surface area contributed by atoms with Gasteiger partial charge < -0.3 is 15.6 Å². The Balaban J connectivity index is 2.06. The predicted octanol–water partition coefficient (Wildman–Crippen LogP) is 0.636. The third-order valence-electron chi connectivity index (χ3n) is 2.65. The maximum atomic E-state index is 11.9. The van der Waals surface area contributed by atoms with Crippen LogP contribution in [0.15, 0.2) is 24.7 Å². The lowest BCUT2D eigenvalue weighted by molar-refractivity contribution is 0.0950. The Morgan fingerprint density at radius 3 is 2.89 bits per heavy atom. The van der Waals surface area contributed by atoms with Gasteiger partial charge in [0.2, 0.25) is 0 Å². The summed E-state index contributed by atoms with van der Waals surface area (Å²) in [4.78, 5) is 20.1. The van der Waals surface area contributed by atoms with Gasteiger partial charge >= 0.3 is 0 Å². The van der Waals surface area contributed by atoms with E-state index >= 15 is 0 Å². The van der Waals surface area contributed by atoms with Crippen LogP contribution >= 0.6 is 0 Å². The molecule has 0 atom stereocenters. The van der Waals surface area contributed by atoms with Crippen LogP contribution < -0.4 is 11.1 Å². The highest BCUT2D eigenvalue weighted by Crippen LogP contribution is 2.11. The molecular formula is C12H15N5O. The minimum Gasteiger partial charge on any atom is -0.398 e. The van der Waals surface area contributed by atoms with Crippen LogP contribution in [0.5, 0.6) is 0 Å². The second-order valence-electron chi connectivity index (χ2n) is 4.05. The van der Waals surface area contributed by atoms with Gasteiger partial charge in [0.15, 0.2) is 0 Å². The number of anilines is 1. The van der Waals surface area contributed by atoms with E-state index < -0.39 is 0 Å². The highest BCUT2D eigenvalue weighted by Gasteiger charge is 2.10. The van der Waals surface area contributed by atoms with Crippen molar-refractivity contribution in [3.63, 3.8) is 0 Å². The lowest BCUT2D eigenvalue weighted by Crippen LogP contribution is -2.25. The van der Waals surface area contributed by atoms with Crippen LogP contribution in [0.25, 0.3) is 0 Å². The monoisotopic (exact) mass is 245 g/mol. The lowest BCUT2D eigenvalue weighted by Gasteiger charge is -2.07. The van der Waals surface area contributed by atoms with Crippen LogP contribution in [0.4, 0.5) is 5.69 Å². The van der Waals surface area contributed by atoms with E-state index in [0.717, 1.165) is 11.5 Å². The maximum Gasteiger partial charge on any atom is 0.255 e. The molecule has 0 aromatic carbocycles. The topological polar surface area (TPSA) is 85.8 Å². The lowest BCUT2D eigenvalue weighted by atomic mass is 10.2. The highest BCUT2D eigenvalue weighted by molar-refractivity contribution is 5.98. The second kappa shape index (κ2) is 4.87. The summed E-state index contributed by atoms with van der Waals surface area (Å²) in [6.45, 7) is 2.18. The number of carbonyl (C=O) groups is 1. The molecule has 0 saturated carbocycles. The summed E-state index contributed by atoms with van der Waals surface area (Å²) in [5.41, 5.74) is 7.38. The molecule has 0 unspecified atom stereocenters. The van der Waals surface area contributed by atoms with Gasteiger partial charge in [-0.3, -0.25) is 9.78 Å². The Kier molecular flexibility index (Phi) is 3.27. The number of nitrogens with two attached hydrogens (primary N) is 1. The first-order valence-corrected chi connectivity index (χ1v) is 5.54. The van der Waals surface area contributed by atoms with Gasteiger partial charge in [0.25, 0.3) is 5.91 Å². The Morgan fingerprint density at radius 2 is 2.28 bits per heavy atom. The van der Waals surface area contributed by atoms with Gasteiger partial charge in [0, 0.05) is 37.0 Å². The van der Waals surface area contributed by atoms with Gasteiger partial charge in [-0.2, -0.15) is 0 Å². The standard InChI is InChI=1S/C12H15N5O/c1-8-5-10(13)9(6-15-8)12(18)16-7-11-14-3-4-17(11)2/h3-6H,7H2,1-2H3,(H2,13,15)(H,16,18). The van der Waals surface area contributed by atoms with Crippen molar-refractivity contribution < 1.29 is 4.79 Å². The summed E-state index contributed by atoms with van der Waals surface area (Å²) in [5, 5.41) is 2.76. The molecule has 0 aliphatic carbocycles. The molecule has 6 heteroatoms. The number of nitrogens with one attached hydrogen (secondary N) is 1. The molecule has 0 spiro atoms. The van der Waals surface area contributed by atoms with Gasteiger partial charge in [0.05, 0.1) is 12.1 Å². The first-order chi connectivity index (χ1) is 8.58. The zero-order valence-corrected chi connectivity index (χ0v) is 10.3. The first kappa shape index (κ1) is 12.1. The number of nitrogens with zero attached hydrogens (tertiary/aromatic N) is 3. The molecule has 0 radical (unpaired) electrons. The van der Waals surface area contributed by atoms with E-state index in [1.54, 1.807) is 12.3 Å². The molecule has 3 N–H and O–H groups in total. The number of hydrogen-bond donors (Lipinski definition) is 2. The van der Waals surface area contributed by atoms with Gasteiger partial charge in [0.1, 0.15) is 5.82 Å². The number of carbonyl (C=O) groups excluding carboxylic acids is 1. The summed E-state index contributed by atoms with van der Waals surface area (Å²) in [6.07, 6.45) is 4.99. The summed E-state index contributed by atoms with van der Waals surface area (Å²) >= 11 is 0. The highest BCUT2D eigenvalue weighted by atomic mass is 16.1. The van der Waals surface area contributed by atoms with E-state index in [1.165, 1.54) is 6.20 Å². The average Bonchev–Trinajstić information content (AvgIpc) is 2.72. The summed E-state index contributed by atoms with van der Waals surface area (Å²) in [6, 6.07) is 1.68. The van der Waals surface area contributed by atoms with Crippen LogP contribution in [0.3, 0.4) is 0 Å². The van der Waals surface area contributed by atoms with E-state index in [1.807, 2.05) is 24.7 Å². The van der Waals surface area contributed by atoms with Gasteiger partial charge in [-0.15, -0.1) is 0 Å². The van der Waals surface area contributed by atoms with Crippen LogP contribution in [0.1, 0.15) is 21.9 Å². The van der Waals surface area contributed by atoms with Crippen molar-refractivity contribution in [3.8, 4) is 0 Å². The summed E-state index contributed by atoms with van der Waals surface area (Å²) in [5.74, 6) is 0.532. The third-order valence-corrected chi connectivity index (χ3v) is 2.65. The molecule has 2 rings (SSSR count). The molecule has 2 aromatic rings. The summed E-state index contributed by atoms with van der Waals surface area (Å²) < 4.78 is 1.84. The minimum atomic E-state index is -0.247. The van der Waals surface area contributed by atoms with Crippen molar-refractivity contribution in [1.82, 2.24) is 19.9 Å². The molecule has 0 saturated heterocycles. The number of nitrogen functional groups attached to an aromatic ring is 1. The van der Waals surface area contributed by atoms with Crippen molar-refractivity contribution in [1.29, 1.82) is 0 Å². The van der Waals surface area contributed by atoms with Crippen molar-refractivity contribution in [2.24, 2.45) is 7.05 Å². The van der Waals surface area contributed by atoms with Gasteiger partial charge in [-0.05, 0) is 13.0 Å². The molecule has 0 fully saturated rings. The number of amides is 1. The van der Waals surface area contributed by atoms with Crippen LogP contribution in [-0.4, -0.2) is 20.4 Å². The normalized spacial score (nSPS) is 10.3. The van der Waals surface area contributed by atoms with E-state index in [4.69, 9.17) is 5.73 Å². The minimum absolute atomic E-state index is 0.247. The Labute approximate surface area is 105 Å². The van der Waals surface area contributed by atoms with Crippen molar-refractivity contribution in [3.05, 3.63) is 41.7 Å². The number of rotatable bonds is 3. The molecule has 18 heavy (non-hydrogen) atoms. The van der Waals surface area contributed by atoms with E-state index in [9.17, 15) is 4.79 Å². The molecule has 0 aliphatic rings. The SMILES string of the molecule is Cc1cc(N)c(C(=O)NCc2nccn2C)cn1. The van der Waals surface area contributed by atoms with Gasteiger partial charge in [-0.1, -0.05) is 0 Å². The van der Waals surface area contributed by atoms with Crippen molar-refractivity contribution in [2.45, 2.75) is 13.5 Å². The zero-order valence-electron chi connectivity index (χ0n) is 10.3. The molecule has 0 aliphatic heterocycles. The quantitative estimate of drug-likeness (QED) is 0.830. The number of aromatic nitrogens is 3. The fourth-order valence-corrected chi connectivity index (χ4v) is 1.59. The van der Waals surface area contributed by atoms with Crippen LogP contribution in [0, 0.1) is 6.92 Å². The number of hydrogen-bond acceptors (Lipinski definition) is 4. The first-order valence-electron chi connectivity index (χ1n) is 5.54. The van der Waals surface area contributed by atoms with Crippen molar-refractivity contribution >= 4 is 11.6 Å². The second-order valence-corrected chi connectivity index (χ2v) is 4.05. The Bertz CT molecular complexity index is 576. The maximum absolute atomic E-state index is 11.9. The van der Waals surface area contributed by atoms with Gasteiger partial charge in [-0.25, -0.2) is 4.98 Å². The number of pyridine rings is 1. The smallest absolute Gasteiger partial charge is 0.255 e. The third kappa shape index (κ3) is 2.48. The molecular weight excluding hydrogens is 230 g/mol. The van der Waals surface area contributed by atoms with Crippen molar-refractivity contribution in [2.75, 3.05) is 5.73 Å². The fraction of sp³-hybridized carbons (Fsp3) is 0.250.